The van der Waals surface area contributed by atoms with Gasteiger partial charge in [0.15, 0.2) is 0 Å². The Morgan fingerprint density at radius 3 is 1.30 bits per heavy atom. The van der Waals surface area contributed by atoms with E-state index in [1.807, 2.05) is 0 Å². The SMILES string of the molecule is CCCCCCCCC(O)CCCCCCCCCCCCCS(=O)(=O)O. The van der Waals surface area contributed by atoms with Crippen molar-refractivity contribution < 1.29 is 18.1 Å². The van der Waals surface area contributed by atoms with Crippen LogP contribution in [0.5, 0.6) is 0 Å². The molecule has 0 bridgehead atoms. The lowest BCUT2D eigenvalue weighted by Gasteiger charge is -2.10. The molecule has 0 heterocycles. The highest BCUT2D eigenvalue weighted by Crippen LogP contribution is 2.15. The van der Waals surface area contributed by atoms with Crippen LogP contribution in [0.2, 0.25) is 0 Å². The van der Waals surface area contributed by atoms with Gasteiger partial charge in [-0.3, -0.25) is 4.55 Å². The Labute approximate surface area is 169 Å². The highest BCUT2D eigenvalue weighted by Gasteiger charge is 2.04. The molecular formula is C22H46O4S. The predicted molar refractivity (Wildman–Crippen MR) is 116 cm³/mol. The minimum absolute atomic E-state index is 0.0861. The zero-order chi connectivity index (χ0) is 20.2. The zero-order valence-electron chi connectivity index (χ0n) is 17.8. The summed E-state index contributed by atoms with van der Waals surface area (Å²) in [5, 5.41) is 10.0. The highest BCUT2D eigenvalue weighted by molar-refractivity contribution is 7.85. The van der Waals surface area contributed by atoms with Crippen molar-refractivity contribution >= 4 is 10.1 Å². The summed E-state index contributed by atoms with van der Waals surface area (Å²) < 4.78 is 29.8. The molecule has 0 saturated heterocycles. The molecule has 0 radical (unpaired) electrons. The molecule has 27 heavy (non-hydrogen) atoms. The number of hydrogen-bond donors (Lipinski definition) is 2. The monoisotopic (exact) mass is 406 g/mol. The normalized spacial score (nSPS) is 13.1. The fraction of sp³-hybridized carbons (Fsp3) is 1.00. The summed E-state index contributed by atoms with van der Waals surface area (Å²) in [6.45, 7) is 2.24. The van der Waals surface area contributed by atoms with E-state index in [0.717, 1.165) is 38.5 Å². The third-order valence-corrected chi connectivity index (χ3v) is 6.14. The van der Waals surface area contributed by atoms with Gasteiger partial charge >= 0.3 is 0 Å². The van der Waals surface area contributed by atoms with Crippen LogP contribution < -0.4 is 0 Å². The van der Waals surface area contributed by atoms with Gasteiger partial charge in [-0.15, -0.1) is 0 Å². The predicted octanol–water partition coefficient (Wildman–Crippen LogP) is 6.67. The lowest BCUT2D eigenvalue weighted by molar-refractivity contribution is 0.147. The Bertz CT molecular complexity index is 395. The molecule has 0 aromatic rings. The maximum absolute atomic E-state index is 10.6. The fourth-order valence-electron chi connectivity index (χ4n) is 3.56. The molecule has 0 rings (SSSR count). The molecule has 4 nitrogen and oxygen atoms in total. The molecular weight excluding hydrogens is 360 g/mol. The molecule has 0 aliphatic rings. The number of hydrogen-bond acceptors (Lipinski definition) is 3. The Hall–Kier alpha value is -0.130. The summed E-state index contributed by atoms with van der Waals surface area (Å²) in [5.41, 5.74) is 0. The number of aliphatic hydroxyl groups is 1. The molecule has 2 N–H and O–H groups in total. The van der Waals surface area contributed by atoms with Gasteiger partial charge in [0.05, 0.1) is 11.9 Å². The first-order chi connectivity index (χ1) is 13.0. The summed E-state index contributed by atoms with van der Waals surface area (Å²) in [5.74, 6) is -0.0966. The largest absolute Gasteiger partial charge is 0.393 e. The van der Waals surface area contributed by atoms with E-state index in [4.69, 9.17) is 4.55 Å². The fourth-order valence-corrected chi connectivity index (χ4v) is 4.13. The van der Waals surface area contributed by atoms with Crippen LogP contribution >= 0.6 is 0 Å². The number of aliphatic hydroxyl groups excluding tert-OH is 1. The van der Waals surface area contributed by atoms with E-state index in [1.165, 1.54) is 77.0 Å². The molecule has 1 unspecified atom stereocenters. The second kappa shape index (κ2) is 19.2. The molecule has 5 heteroatoms. The number of rotatable bonds is 21. The lowest BCUT2D eigenvalue weighted by Crippen LogP contribution is -2.05. The summed E-state index contributed by atoms with van der Waals surface area (Å²) in [6.07, 6.45) is 22.1. The molecule has 1 atom stereocenters. The Balaban J connectivity index is 3.17. The van der Waals surface area contributed by atoms with Crippen LogP contribution in [0.15, 0.2) is 0 Å². The van der Waals surface area contributed by atoms with Crippen LogP contribution in [0.3, 0.4) is 0 Å². The second-order valence-electron chi connectivity index (χ2n) is 8.17. The quantitative estimate of drug-likeness (QED) is 0.165. The molecule has 0 spiro atoms. The van der Waals surface area contributed by atoms with E-state index >= 15 is 0 Å². The van der Waals surface area contributed by atoms with Crippen molar-refractivity contribution in [1.82, 2.24) is 0 Å². The summed E-state index contributed by atoms with van der Waals surface area (Å²) in [4.78, 5) is 0. The van der Waals surface area contributed by atoms with Gasteiger partial charge in [-0.05, 0) is 19.3 Å². The van der Waals surface area contributed by atoms with Gasteiger partial charge in [-0.2, -0.15) is 8.42 Å². The van der Waals surface area contributed by atoms with E-state index < -0.39 is 10.1 Å². The van der Waals surface area contributed by atoms with Gasteiger partial charge in [-0.25, -0.2) is 0 Å². The van der Waals surface area contributed by atoms with Gasteiger partial charge in [0, 0.05) is 0 Å². The summed E-state index contributed by atoms with van der Waals surface area (Å²) in [7, 11) is -3.77. The topological polar surface area (TPSA) is 74.6 Å². The van der Waals surface area contributed by atoms with Gasteiger partial charge in [0.1, 0.15) is 0 Å². The van der Waals surface area contributed by atoms with Crippen LogP contribution in [0.4, 0.5) is 0 Å². The molecule has 0 aromatic heterocycles. The van der Waals surface area contributed by atoms with Crippen molar-refractivity contribution in [2.75, 3.05) is 5.75 Å². The maximum atomic E-state index is 10.6. The average molecular weight is 407 g/mol. The molecule has 0 aliphatic carbocycles. The maximum Gasteiger partial charge on any atom is 0.264 e. The minimum Gasteiger partial charge on any atom is -0.393 e. The van der Waals surface area contributed by atoms with E-state index in [-0.39, 0.29) is 11.9 Å². The summed E-state index contributed by atoms with van der Waals surface area (Å²) >= 11 is 0. The van der Waals surface area contributed by atoms with Gasteiger partial charge in [-0.1, -0.05) is 110 Å². The van der Waals surface area contributed by atoms with Crippen LogP contribution in [0, 0.1) is 0 Å². The van der Waals surface area contributed by atoms with Gasteiger partial charge in [0.2, 0.25) is 0 Å². The van der Waals surface area contributed by atoms with Crippen molar-refractivity contribution in [3.63, 3.8) is 0 Å². The molecule has 164 valence electrons. The molecule has 0 saturated carbocycles. The molecule has 0 amide bonds. The number of unbranched alkanes of at least 4 members (excludes halogenated alkanes) is 15. The van der Waals surface area contributed by atoms with E-state index in [2.05, 4.69) is 6.92 Å². The third-order valence-electron chi connectivity index (χ3n) is 5.33. The minimum atomic E-state index is -3.77. The van der Waals surface area contributed by atoms with Crippen LogP contribution in [0.1, 0.15) is 129 Å². The van der Waals surface area contributed by atoms with E-state index in [1.54, 1.807) is 0 Å². The third kappa shape index (κ3) is 23.8. The summed E-state index contributed by atoms with van der Waals surface area (Å²) in [6, 6.07) is 0. The van der Waals surface area contributed by atoms with Crippen LogP contribution in [-0.2, 0) is 10.1 Å². The first kappa shape index (κ1) is 26.9. The molecule has 0 aromatic carbocycles. The second-order valence-corrected chi connectivity index (χ2v) is 9.75. The van der Waals surface area contributed by atoms with E-state index in [9.17, 15) is 13.5 Å². The Morgan fingerprint density at radius 2 is 0.926 bits per heavy atom. The van der Waals surface area contributed by atoms with Crippen molar-refractivity contribution in [2.45, 2.75) is 135 Å². The Morgan fingerprint density at radius 1 is 0.593 bits per heavy atom. The standard InChI is InChI=1S/C22H46O4S/c1-2-3-4-5-13-16-19-22(23)20-17-14-11-9-7-6-8-10-12-15-18-21-27(24,25)26/h22-23H,2-21H2,1H3,(H,24,25,26). The van der Waals surface area contributed by atoms with Crippen LogP contribution in [0.25, 0.3) is 0 Å². The van der Waals surface area contributed by atoms with Crippen molar-refractivity contribution in [3.05, 3.63) is 0 Å². The van der Waals surface area contributed by atoms with Crippen molar-refractivity contribution in [2.24, 2.45) is 0 Å². The van der Waals surface area contributed by atoms with Gasteiger partial charge < -0.3 is 5.11 Å². The van der Waals surface area contributed by atoms with Crippen LogP contribution in [-0.4, -0.2) is 29.9 Å². The smallest absolute Gasteiger partial charge is 0.264 e. The Kier molecular flexibility index (Phi) is 19.1. The molecule has 0 aliphatic heterocycles. The van der Waals surface area contributed by atoms with E-state index in [0.29, 0.717) is 6.42 Å². The molecule has 0 fully saturated rings. The highest BCUT2D eigenvalue weighted by atomic mass is 32.2. The van der Waals surface area contributed by atoms with Crippen molar-refractivity contribution in [3.8, 4) is 0 Å². The lowest BCUT2D eigenvalue weighted by atomic mass is 10.0. The first-order valence-electron chi connectivity index (χ1n) is 11.6. The first-order valence-corrected chi connectivity index (χ1v) is 13.2. The van der Waals surface area contributed by atoms with Crippen molar-refractivity contribution in [1.29, 1.82) is 0 Å². The average Bonchev–Trinajstić information content (AvgIpc) is 2.61. The van der Waals surface area contributed by atoms with Gasteiger partial charge in [0.25, 0.3) is 10.1 Å². The zero-order valence-corrected chi connectivity index (χ0v) is 18.7.